The van der Waals surface area contributed by atoms with Crippen molar-refractivity contribution in [2.45, 2.75) is 32.7 Å². The Morgan fingerprint density at radius 3 is 3.19 bits per heavy atom. The summed E-state index contributed by atoms with van der Waals surface area (Å²) in [4.78, 5) is 16.4. The molecule has 0 aliphatic carbocycles. The maximum atomic E-state index is 11.9. The number of aryl methyl sites for hydroxylation is 1. The molecular weight excluding hydrogens is 264 g/mol. The molecule has 0 spiro atoms. The summed E-state index contributed by atoms with van der Waals surface area (Å²) in [5.74, 6) is 0.782. The van der Waals surface area contributed by atoms with E-state index in [2.05, 4.69) is 22.5 Å². The second kappa shape index (κ2) is 6.26. The van der Waals surface area contributed by atoms with Gasteiger partial charge in [-0.2, -0.15) is 0 Å². The smallest absolute Gasteiger partial charge is 0.220 e. The van der Waals surface area contributed by atoms with E-state index < -0.39 is 0 Å². The van der Waals surface area contributed by atoms with Crippen molar-refractivity contribution >= 4 is 11.6 Å². The van der Waals surface area contributed by atoms with E-state index in [1.165, 1.54) is 12.0 Å². The van der Waals surface area contributed by atoms with Gasteiger partial charge in [0.05, 0.1) is 12.2 Å². The number of hydrogen-bond acceptors (Lipinski definition) is 3. The predicted molar refractivity (Wildman–Crippen MR) is 82.0 cm³/mol. The molecule has 0 saturated carbocycles. The first-order valence-electron chi connectivity index (χ1n) is 7.62. The fraction of sp³-hybridized carbons (Fsp3) is 0.500. The standard InChI is InChI=1S/C16H22N4O/c1-12-2-4-15-19-14(11-20(15)10-12)9-18-16(21)5-3-13-6-7-17-8-13/h2,4,10-11,13,17H,3,5-9H2,1H3,(H,18,21). The van der Waals surface area contributed by atoms with Crippen LogP contribution in [0.25, 0.3) is 5.65 Å². The molecule has 3 heterocycles. The first kappa shape index (κ1) is 14.1. The molecular formula is C16H22N4O. The van der Waals surface area contributed by atoms with Gasteiger partial charge < -0.3 is 15.0 Å². The van der Waals surface area contributed by atoms with Crippen molar-refractivity contribution in [2.24, 2.45) is 5.92 Å². The molecule has 2 aromatic heterocycles. The van der Waals surface area contributed by atoms with Gasteiger partial charge in [-0.05, 0) is 50.4 Å². The van der Waals surface area contributed by atoms with E-state index in [0.717, 1.165) is 30.9 Å². The molecule has 5 nitrogen and oxygen atoms in total. The zero-order valence-corrected chi connectivity index (χ0v) is 12.4. The molecule has 1 aliphatic rings. The van der Waals surface area contributed by atoms with Gasteiger partial charge in [0.1, 0.15) is 5.65 Å². The highest BCUT2D eigenvalue weighted by Gasteiger charge is 2.15. The summed E-state index contributed by atoms with van der Waals surface area (Å²) < 4.78 is 2.00. The van der Waals surface area contributed by atoms with Crippen molar-refractivity contribution in [2.75, 3.05) is 13.1 Å². The van der Waals surface area contributed by atoms with Gasteiger partial charge in [-0.1, -0.05) is 6.07 Å². The molecule has 1 atom stereocenters. The number of imidazole rings is 1. The van der Waals surface area contributed by atoms with Crippen molar-refractivity contribution in [3.8, 4) is 0 Å². The number of carbonyl (C=O) groups is 1. The number of pyridine rings is 1. The zero-order valence-electron chi connectivity index (χ0n) is 12.4. The van der Waals surface area contributed by atoms with Gasteiger partial charge in [-0.3, -0.25) is 4.79 Å². The van der Waals surface area contributed by atoms with Crippen LogP contribution in [-0.4, -0.2) is 28.4 Å². The Hall–Kier alpha value is -1.88. The third kappa shape index (κ3) is 3.61. The first-order chi connectivity index (χ1) is 10.2. The molecule has 0 aromatic carbocycles. The number of carbonyl (C=O) groups excluding carboxylic acids is 1. The molecule has 2 N–H and O–H groups in total. The number of amides is 1. The summed E-state index contributed by atoms with van der Waals surface area (Å²) in [7, 11) is 0. The molecule has 0 bridgehead atoms. The molecule has 5 heteroatoms. The molecule has 3 rings (SSSR count). The number of rotatable bonds is 5. The third-order valence-electron chi connectivity index (χ3n) is 4.06. The minimum Gasteiger partial charge on any atom is -0.350 e. The minimum absolute atomic E-state index is 0.120. The maximum absolute atomic E-state index is 11.9. The number of fused-ring (bicyclic) bond motifs is 1. The third-order valence-corrected chi connectivity index (χ3v) is 4.06. The Morgan fingerprint density at radius 2 is 2.38 bits per heavy atom. The molecule has 112 valence electrons. The Labute approximate surface area is 124 Å². The van der Waals surface area contributed by atoms with Gasteiger partial charge in [0.15, 0.2) is 0 Å². The number of nitrogens with one attached hydrogen (secondary N) is 2. The normalized spacial score (nSPS) is 18.2. The van der Waals surface area contributed by atoms with E-state index in [-0.39, 0.29) is 5.91 Å². The van der Waals surface area contributed by atoms with Crippen molar-refractivity contribution in [3.05, 3.63) is 35.8 Å². The molecule has 2 aromatic rings. The SMILES string of the molecule is Cc1ccc2nc(CNC(=O)CCC3CCNC3)cn2c1. The lowest BCUT2D eigenvalue weighted by atomic mass is 10.0. The lowest BCUT2D eigenvalue weighted by Crippen LogP contribution is -2.23. The van der Waals surface area contributed by atoms with Gasteiger partial charge in [0.2, 0.25) is 5.91 Å². The van der Waals surface area contributed by atoms with E-state index in [1.54, 1.807) is 0 Å². The number of aromatic nitrogens is 2. The van der Waals surface area contributed by atoms with Crippen LogP contribution in [0.2, 0.25) is 0 Å². The molecule has 1 unspecified atom stereocenters. The van der Waals surface area contributed by atoms with E-state index in [1.807, 2.05) is 28.9 Å². The summed E-state index contributed by atoms with van der Waals surface area (Å²) in [6.45, 7) is 4.70. The van der Waals surface area contributed by atoms with Crippen LogP contribution in [0.1, 0.15) is 30.5 Å². The monoisotopic (exact) mass is 286 g/mol. The summed E-state index contributed by atoms with van der Waals surface area (Å²) in [6, 6.07) is 4.04. The van der Waals surface area contributed by atoms with E-state index in [4.69, 9.17) is 0 Å². The summed E-state index contributed by atoms with van der Waals surface area (Å²) in [5, 5.41) is 6.29. The Balaban J connectivity index is 1.49. The summed E-state index contributed by atoms with van der Waals surface area (Å²) in [6.07, 6.45) is 6.80. The summed E-state index contributed by atoms with van der Waals surface area (Å²) >= 11 is 0. The summed E-state index contributed by atoms with van der Waals surface area (Å²) in [5.41, 5.74) is 3.01. The van der Waals surface area contributed by atoms with Crippen molar-refractivity contribution in [3.63, 3.8) is 0 Å². The van der Waals surface area contributed by atoms with Crippen molar-refractivity contribution < 1.29 is 4.79 Å². The quantitative estimate of drug-likeness (QED) is 0.878. The molecule has 0 radical (unpaired) electrons. The number of nitrogens with zero attached hydrogens (tertiary/aromatic N) is 2. The second-order valence-electron chi connectivity index (χ2n) is 5.88. The topological polar surface area (TPSA) is 58.4 Å². The Morgan fingerprint density at radius 1 is 1.48 bits per heavy atom. The van der Waals surface area contributed by atoms with Crippen molar-refractivity contribution in [1.29, 1.82) is 0 Å². The zero-order chi connectivity index (χ0) is 14.7. The van der Waals surface area contributed by atoms with Gasteiger partial charge in [-0.25, -0.2) is 4.98 Å². The molecule has 1 fully saturated rings. The van der Waals surface area contributed by atoms with E-state index in [9.17, 15) is 4.79 Å². The second-order valence-corrected chi connectivity index (χ2v) is 5.88. The minimum atomic E-state index is 0.120. The van der Waals surface area contributed by atoms with Crippen LogP contribution in [0.5, 0.6) is 0 Å². The molecule has 21 heavy (non-hydrogen) atoms. The average molecular weight is 286 g/mol. The average Bonchev–Trinajstić information content (AvgIpc) is 3.11. The fourth-order valence-electron chi connectivity index (χ4n) is 2.81. The van der Waals surface area contributed by atoms with Crippen LogP contribution >= 0.6 is 0 Å². The first-order valence-corrected chi connectivity index (χ1v) is 7.62. The largest absolute Gasteiger partial charge is 0.350 e. The van der Waals surface area contributed by atoms with Crippen LogP contribution in [0, 0.1) is 12.8 Å². The lowest BCUT2D eigenvalue weighted by Gasteiger charge is -2.07. The predicted octanol–water partition coefficient (Wildman–Crippen LogP) is 1.65. The van der Waals surface area contributed by atoms with E-state index >= 15 is 0 Å². The Bertz CT molecular complexity index is 628. The fourth-order valence-corrected chi connectivity index (χ4v) is 2.81. The van der Waals surface area contributed by atoms with Crippen LogP contribution in [0.15, 0.2) is 24.5 Å². The maximum Gasteiger partial charge on any atom is 0.220 e. The molecule has 1 saturated heterocycles. The highest BCUT2D eigenvalue weighted by atomic mass is 16.1. The number of hydrogen-bond donors (Lipinski definition) is 2. The van der Waals surface area contributed by atoms with Crippen LogP contribution < -0.4 is 10.6 Å². The molecule has 1 aliphatic heterocycles. The van der Waals surface area contributed by atoms with Crippen molar-refractivity contribution in [1.82, 2.24) is 20.0 Å². The highest BCUT2D eigenvalue weighted by Crippen LogP contribution is 2.14. The van der Waals surface area contributed by atoms with Crippen LogP contribution in [-0.2, 0) is 11.3 Å². The van der Waals surface area contributed by atoms with Gasteiger partial charge in [0.25, 0.3) is 0 Å². The van der Waals surface area contributed by atoms with Gasteiger partial charge in [0, 0.05) is 18.8 Å². The van der Waals surface area contributed by atoms with Crippen LogP contribution in [0.3, 0.4) is 0 Å². The van der Waals surface area contributed by atoms with Gasteiger partial charge >= 0.3 is 0 Å². The van der Waals surface area contributed by atoms with E-state index in [0.29, 0.717) is 18.9 Å². The lowest BCUT2D eigenvalue weighted by molar-refractivity contribution is -0.121. The van der Waals surface area contributed by atoms with Gasteiger partial charge in [-0.15, -0.1) is 0 Å². The highest BCUT2D eigenvalue weighted by molar-refractivity contribution is 5.75. The Kier molecular flexibility index (Phi) is 4.20. The molecule has 1 amide bonds. The van der Waals surface area contributed by atoms with Crippen LogP contribution in [0.4, 0.5) is 0 Å².